The van der Waals surface area contributed by atoms with Gasteiger partial charge in [-0.2, -0.15) is 0 Å². The Morgan fingerprint density at radius 1 is 1.06 bits per heavy atom. The van der Waals surface area contributed by atoms with Gasteiger partial charge >= 0.3 is 0 Å². The van der Waals surface area contributed by atoms with Crippen molar-refractivity contribution in [3.63, 3.8) is 0 Å². The second-order valence-electron chi connectivity index (χ2n) is 4.18. The third kappa shape index (κ3) is 2.71. The Morgan fingerprint density at radius 3 is 2.56 bits per heavy atom. The van der Waals surface area contributed by atoms with E-state index in [1.807, 2.05) is 32.0 Å². The molecular formula is C15H13ClO2. The Labute approximate surface area is 111 Å². The van der Waals surface area contributed by atoms with Crippen LogP contribution >= 0.6 is 11.6 Å². The minimum Gasteiger partial charge on any atom is -0.455 e. The van der Waals surface area contributed by atoms with E-state index >= 15 is 0 Å². The molecule has 0 heterocycles. The number of rotatable bonds is 3. The monoisotopic (exact) mass is 260 g/mol. The van der Waals surface area contributed by atoms with Gasteiger partial charge in [0.15, 0.2) is 0 Å². The number of aldehydes is 1. The minimum absolute atomic E-state index is 0.552. The second kappa shape index (κ2) is 5.23. The van der Waals surface area contributed by atoms with Crippen molar-refractivity contribution in [2.24, 2.45) is 0 Å². The maximum atomic E-state index is 10.8. The first kappa shape index (κ1) is 12.7. The van der Waals surface area contributed by atoms with E-state index in [0.29, 0.717) is 22.1 Å². The quantitative estimate of drug-likeness (QED) is 0.756. The largest absolute Gasteiger partial charge is 0.455 e. The summed E-state index contributed by atoms with van der Waals surface area (Å²) in [6.07, 6.45) is 0.796. The summed E-state index contributed by atoms with van der Waals surface area (Å²) in [4.78, 5) is 10.8. The van der Waals surface area contributed by atoms with Crippen LogP contribution in [-0.4, -0.2) is 6.29 Å². The fourth-order valence-corrected chi connectivity index (χ4v) is 1.76. The molecule has 0 saturated heterocycles. The molecule has 0 N–H and O–H groups in total. The van der Waals surface area contributed by atoms with Crippen molar-refractivity contribution >= 4 is 17.9 Å². The summed E-state index contributed by atoms with van der Waals surface area (Å²) in [5.41, 5.74) is 2.61. The van der Waals surface area contributed by atoms with Crippen molar-refractivity contribution < 1.29 is 9.53 Å². The molecular weight excluding hydrogens is 248 g/mol. The van der Waals surface area contributed by atoms with Crippen LogP contribution in [0.5, 0.6) is 11.5 Å². The van der Waals surface area contributed by atoms with Crippen molar-refractivity contribution in [1.29, 1.82) is 0 Å². The predicted molar refractivity (Wildman–Crippen MR) is 72.8 cm³/mol. The fraction of sp³-hybridized carbons (Fsp3) is 0.133. The topological polar surface area (TPSA) is 26.3 Å². The molecule has 0 aliphatic rings. The van der Waals surface area contributed by atoms with Crippen molar-refractivity contribution in [1.82, 2.24) is 0 Å². The first-order valence-corrected chi connectivity index (χ1v) is 5.98. The number of carbonyl (C=O) groups is 1. The highest BCUT2D eigenvalue weighted by atomic mass is 35.5. The standard InChI is InChI=1S/C15H13ClO2/c1-10-3-6-13(16)15(7-10)18-14-8-12(9-17)5-4-11(14)2/h3-9H,1-2H3. The smallest absolute Gasteiger partial charge is 0.150 e. The second-order valence-corrected chi connectivity index (χ2v) is 4.59. The van der Waals surface area contributed by atoms with Gasteiger partial charge < -0.3 is 4.74 Å². The van der Waals surface area contributed by atoms with Crippen LogP contribution in [0.25, 0.3) is 0 Å². The van der Waals surface area contributed by atoms with Crippen LogP contribution in [0.1, 0.15) is 21.5 Å². The Kier molecular flexibility index (Phi) is 3.68. The number of carbonyl (C=O) groups excluding carboxylic acids is 1. The van der Waals surface area contributed by atoms with E-state index in [1.54, 1.807) is 18.2 Å². The number of aryl methyl sites for hydroxylation is 2. The van der Waals surface area contributed by atoms with E-state index in [-0.39, 0.29) is 0 Å². The highest BCUT2D eigenvalue weighted by Gasteiger charge is 2.06. The number of ether oxygens (including phenoxy) is 1. The lowest BCUT2D eigenvalue weighted by Crippen LogP contribution is -1.91. The van der Waals surface area contributed by atoms with Crippen LogP contribution in [0.4, 0.5) is 0 Å². The number of hydrogen-bond acceptors (Lipinski definition) is 2. The van der Waals surface area contributed by atoms with Gasteiger partial charge in [-0.3, -0.25) is 4.79 Å². The van der Waals surface area contributed by atoms with Gasteiger partial charge in [-0.1, -0.05) is 29.8 Å². The van der Waals surface area contributed by atoms with Gasteiger partial charge in [-0.05, 0) is 43.2 Å². The summed E-state index contributed by atoms with van der Waals surface area (Å²) in [5.74, 6) is 1.25. The van der Waals surface area contributed by atoms with Gasteiger partial charge in [0.25, 0.3) is 0 Å². The van der Waals surface area contributed by atoms with Crippen LogP contribution < -0.4 is 4.74 Å². The Hall–Kier alpha value is -1.80. The molecule has 0 bridgehead atoms. The third-order valence-electron chi connectivity index (χ3n) is 2.65. The minimum atomic E-state index is 0.552. The third-order valence-corrected chi connectivity index (χ3v) is 2.97. The van der Waals surface area contributed by atoms with E-state index < -0.39 is 0 Å². The normalized spacial score (nSPS) is 10.2. The van der Waals surface area contributed by atoms with Crippen molar-refractivity contribution in [2.45, 2.75) is 13.8 Å². The molecule has 0 radical (unpaired) electrons. The molecule has 0 atom stereocenters. The lowest BCUT2D eigenvalue weighted by molar-refractivity contribution is 0.112. The maximum absolute atomic E-state index is 10.8. The molecule has 0 unspecified atom stereocenters. The van der Waals surface area contributed by atoms with Gasteiger partial charge in [0.2, 0.25) is 0 Å². The van der Waals surface area contributed by atoms with E-state index in [2.05, 4.69) is 0 Å². The molecule has 0 aliphatic carbocycles. The van der Waals surface area contributed by atoms with Crippen LogP contribution in [0.15, 0.2) is 36.4 Å². The lowest BCUT2D eigenvalue weighted by Gasteiger charge is -2.11. The predicted octanol–water partition coefficient (Wildman–Crippen LogP) is 4.56. The summed E-state index contributed by atoms with van der Waals surface area (Å²) in [5, 5.41) is 0.552. The lowest BCUT2D eigenvalue weighted by atomic mass is 10.1. The van der Waals surface area contributed by atoms with E-state index in [0.717, 1.165) is 17.4 Å². The van der Waals surface area contributed by atoms with Crippen LogP contribution in [0.2, 0.25) is 5.02 Å². The first-order valence-electron chi connectivity index (χ1n) is 5.60. The SMILES string of the molecule is Cc1ccc(Cl)c(Oc2cc(C=O)ccc2C)c1. The molecule has 92 valence electrons. The Bertz CT molecular complexity index is 591. The van der Waals surface area contributed by atoms with Gasteiger partial charge in [-0.25, -0.2) is 0 Å². The van der Waals surface area contributed by atoms with Gasteiger partial charge in [0, 0.05) is 5.56 Å². The number of hydrogen-bond donors (Lipinski definition) is 0. The summed E-state index contributed by atoms with van der Waals surface area (Å²) in [7, 11) is 0. The molecule has 2 aromatic carbocycles. The van der Waals surface area contributed by atoms with E-state index in [4.69, 9.17) is 16.3 Å². The summed E-state index contributed by atoms with van der Waals surface area (Å²) in [6.45, 7) is 3.89. The average molecular weight is 261 g/mol. The Balaban J connectivity index is 2.38. The zero-order chi connectivity index (χ0) is 13.1. The molecule has 2 rings (SSSR count). The first-order chi connectivity index (χ1) is 8.60. The average Bonchev–Trinajstić information content (AvgIpc) is 2.36. The van der Waals surface area contributed by atoms with Crippen molar-refractivity contribution in [3.8, 4) is 11.5 Å². The van der Waals surface area contributed by atoms with Crippen LogP contribution in [0.3, 0.4) is 0 Å². The number of benzene rings is 2. The summed E-state index contributed by atoms with van der Waals surface area (Å²) in [6, 6.07) is 10.9. The molecule has 0 spiro atoms. The van der Waals surface area contributed by atoms with Crippen molar-refractivity contribution in [3.05, 3.63) is 58.1 Å². The molecule has 2 nitrogen and oxygen atoms in total. The van der Waals surface area contributed by atoms with E-state index in [9.17, 15) is 4.79 Å². The van der Waals surface area contributed by atoms with Gasteiger partial charge in [0.1, 0.15) is 17.8 Å². The molecule has 0 saturated carbocycles. The fourth-order valence-electron chi connectivity index (χ4n) is 1.61. The summed E-state index contributed by atoms with van der Waals surface area (Å²) < 4.78 is 5.77. The molecule has 0 fully saturated rings. The van der Waals surface area contributed by atoms with Crippen LogP contribution in [-0.2, 0) is 0 Å². The van der Waals surface area contributed by atoms with Gasteiger partial charge in [-0.15, -0.1) is 0 Å². The highest BCUT2D eigenvalue weighted by Crippen LogP contribution is 2.32. The highest BCUT2D eigenvalue weighted by molar-refractivity contribution is 6.32. The molecule has 0 aromatic heterocycles. The zero-order valence-electron chi connectivity index (χ0n) is 10.2. The zero-order valence-corrected chi connectivity index (χ0v) is 11.0. The van der Waals surface area contributed by atoms with Crippen LogP contribution in [0, 0.1) is 13.8 Å². The van der Waals surface area contributed by atoms with Crippen molar-refractivity contribution in [2.75, 3.05) is 0 Å². The van der Waals surface area contributed by atoms with E-state index in [1.165, 1.54) is 0 Å². The molecule has 18 heavy (non-hydrogen) atoms. The van der Waals surface area contributed by atoms with Gasteiger partial charge in [0.05, 0.1) is 5.02 Å². The molecule has 3 heteroatoms. The molecule has 2 aromatic rings. The Morgan fingerprint density at radius 2 is 1.83 bits per heavy atom. The molecule has 0 amide bonds. The maximum Gasteiger partial charge on any atom is 0.150 e. The summed E-state index contributed by atoms with van der Waals surface area (Å²) >= 11 is 6.08. The number of halogens is 1. The molecule has 0 aliphatic heterocycles.